The van der Waals surface area contributed by atoms with Crippen molar-refractivity contribution in [2.75, 3.05) is 7.11 Å². The summed E-state index contributed by atoms with van der Waals surface area (Å²) in [5.41, 5.74) is 1.80. The summed E-state index contributed by atoms with van der Waals surface area (Å²) in [6, 6.07) is 0. The van der Waals surface area contributed by atoms with Gasteiger partial charge in [0.05, 0.1) is 13.2 Å². The van der Waals surface area contributed by atoms with E-state index in [0.717, 1.165) is 19.3 Å². The molecule has 0 radical (unpaired) electrons. The topological polar surface area (TPSA) is 46.5 Å². The molecule has 1 N–H and O–H groups in total. The molecule has 0 heterocycles. The van der Waals surface area contributed by atoms with Crippen molar-refractivity contribution in [3.05, 3.63) is 11.6 Å². The molecule has 0 aromatic rings. The van der Waals surface area contributed by atoms with E-state index < -0.39 is 0 Å². The average Bonchev–Trinajstić information content (AvgIpc) is 2.52. The van der Waals surface area contributed by atoms with E-state index >= 15 is 0 Å². The first kappa shape index (κ1) is 19.5. The van der Waals surface area contributed by atoms with Crippen molar-refractivity contribution >= 4 is 5.97 Å². The minimum Gasteiger partial charge on any atom is -0.469 e. The number of ether oxygens (including phenoxy) is 1. The van der Waals surface area contributed by atoms with Crippen molar-refractivity contribution in [1.82, 2.24) is 0 Å². The number of carbonyl (C=O) groups excluding carboxylic acids is 1. The van der Waals surface area contributed by atoms with E-state index in [0.29, 0.717) is 24.2 Å². The molecule has 0 aromatic carbocycles. The Hall–Kier alpha value is -0.830. The minimum absolute atomic E-state index is 0.110. The summed E-state index contributed by atoms with van der Waals surface area (Å²) in [6.45, 7) is 11.6. The van der Waals surface area contributed by atoms with E-state index in [1.165, 1.54) is 25.5 Å². The van der Waals surface area contributed by atoms with E-state index in [4.69, 9.17) is 4.74 Å². The fraction of sp³-hybridized carbons (Fsp3) is 0.857. The number of fused-ring (bicyclic) bond motifs is 1. The van der Waals surface area contributed by atoms with Crippen molar-refractivity contribution in [3.8, 4) is 0 Å². The van der Waals surface area contributed by atoms with Crippen LogP contribution in [0.5, 0.6) is 0 Å². The summed E-state index contributed by atoms with van der Waals surface area (Å²) in [5, 5.41) is 10.3. The third kappa shape index (κ3) is 3.56. The van der Waals surface area contributed by atoms with E-state index in [9.17, 15) is 9.90 Å². The average molecular weight is 337 g/mol. The van der Waals surface area contributed by atoms with Crippen molar-refractivity contribution in [1.29, 1.82) is 0 Å². The Bertz CT molecular complexity index is 497. The molecule has 2 aliphatic rings. The molecule has 0 aromatic heterocycles. The van der Waals surface area contributed by atoms with Crippen LogP contribution < -0.4 is 0 Å². The summed E-state index contributed by atoms with van der Waals surface area (Å²) < 4.78 is 4.81. The predicted molar refractivity (Wildman–Crippen MR) is 97.5 cm³/mol. The molecule has 0 saturated heterocycles. The molecule has 138 valence electrons. The van der Waals surface area contributed by atoms with Crippen LogP contribution in [0.15, 0.2) is 11.6 Å². The smallest absolute Gasteiger partial charge is 0.305 e. The van der Waals surface area contributed by atoms with Crippen molar-refractivity contribution in [3.63, 3.8) is 0 Å². The molecule has 0 aliphatic heterocycles. The zero-order valence-electron chi connectivity index (χ0n) is 16.4. The maximum Gasteiger partial charge on any atom is 0.305 e. The van der Waals surface area contributed by atoms with Gasteiger partial charge >= 0.3 is 5.97 Å². The molecular weight excluding hydrogens is 300 g/mol. The Morgan fingerprint density at radius 2 is 2.12 bits per heavy atom. The van der Waals surface area contributed by atoms with Gasteiger partial charge in [-0.05, 0) is 67.6 Å². The quantitative estimate of drug-likeness (QED) is 0.583. The van der Waals surface area contributed by atoms with Gasteiger partial charge in [0.15, 0.2) is 0 Å². The summed E-state index contributed by atoms with van der Waals surface area (Å²) in [5.74, 6) is 1.40. The van der Waals surface area contributed by atoms with Crippen LogP contribution in [0.3, 0.4) is 0 Å². The molecule has 0 amide bonds. The number of hydrogen-bond donors (Lipinski definition) is 1. The lowest BCUT2D eigenvalue weighted by molar-refractivity contribution is -0.141. The highest BCUT2D eigenvalue weighted by Gasteiger charge is 2.54. The van der Waals surface area contributed by atoms with Crippen LogP contribution in [-0.4, -0.2) is 24.3 Å². The molecule has 0 spiro atoms. The van der Waals surface area contributed by atoms with Gasteiger partial charge in [0.2, 0.25) is 0 Å². The van der Waals surface area contributed by atoms with Gasteiger partial charge < -0.3 is 9.84 Å². The normalized spacial score (nSPS) is 40.5. The molecule has 6 atom stereocenters. The van der Waals surface area contributed by atoms with Gasteiger partial charge in [0.1, 0.15) is 0 Å². The molecule has 2 aliphatic carbocycles. The zero-order chi connectivity index (χ0) is 18.1. The highest BCUT2D eigenvalue weighted by molar-refractivity contribution is 5.69. The predicted octanol–water partition coefficient (Wildman–Crippen LogP) is 4.74. The summed E-state index contributed by atoms with van der Waals surface area (Å²) >= 11 is 0. The van der Waals surface area contributed by atoms with E-state index in [1.807, 2.05) is 0 Å². The van der Waals surface area contributed by atoms with E-state index in [1.54, 1.807) is 0 Å². The number of rotatable bonds is 5. The summed E-state index contributed by atoms with van der Waals surface area (Å²) in [6.07, 6.45) is 7.78. The molecule has 3 heteroatoms. The van der Waals surface area contributed by atoms with Crippen LogP contribution in [0.25, 0.3) is 0 Å². The maximum atomic E-state index is 11.5. The van der Waals surface area contributed by atoms with Crippen LogP contribution in [0.1, 0.15) is 73.1 Å². The first-order valence-corrected chi connectivity index (χ1v) is 9.57. The Balaban J connectivity index is 2.16. The summed E-state index contributed by atoms with van der Waals surface area (Å²) in [7, 11) is 1.46. The van der Waals surface area contributed by atoms with Crippen molar-refractivity contribution in [2.24, 2.45) is 28.6 Å². The van der Waals surface area contributed by atoms with Gasteiger partial charge in [0, 0.05) is 6.42 Å². The second-order valence-electron chi connectivity index (χ2n) is 8.99. The first-order valence-electron chi connectivity index (χ1n) is 9.57. The molecule has 0 bridgehead atoms. The number of aliphatic hydroxyl groups excluding tert-OH is 1. The molecule has 3 nitrogen and oxygen atoms in total. The zero-order valence-corrected chi connectivity index (χ0v) is 16.4. The SMILES string of the molecule is COC(=O)CC(C)CCC1(C)C(C)CCC2(C)C(C)=CC(O)CC21. The van der Waals surface area contributed by atoms with Gasteiger partial charge in [-0.25, -0.2) is 0 Å². The second kappa shape index (κ2) is 7.19. The molecular formula is C21H36O3. The fourth-order valence-corrected chi connectivity index (χ4v) is 5.33. The lowest BCUT2D eigenvalue weighted by Gasteiger charge is -2.58. The molecule has 1 fully saturated rings. The standard InChI is InChI=1S/C21H36O3/c1-14(11-19(23)24-6)7-9-20(4)15(2)8-10-21(5)16(3)12-17(22)13-18(20)21/h12,14-15,17-18,22H,7-11,13H2,1-6H3. The van der Waals surface area contributed by atoms with E-state index in [-0.39, 0.29) is 22.9 Å². The third-order valence-corrected chi connectivity index (χ3v) is 7.53. The van der Waals surface area contributed by atoms with Gasteiger partial charge in [-0.15, -0.1) is 0 Å². The Morgan fingerprint density at radius 1 is 1.46 bits per heavy atom. The Morgan fingerprint density at radius 3 is 2.75 bits per heavy atom. The van der Waals surface area contributed by atoms with Crippen LogP contribution in [0.4, 0.5) is 0 Å². The minimum atomic E-state index is -0.305. The molecule has 24 heavy (non-hydrogen) atoms. The van der Waals surface area contributed by atoms with Crippen LogP contribution in [0, 0.1) is 28.6 Å². The van der Waals surface area contributed by atoms with Gasteiger partial charge in [-0.3, -0.25) is 4.79 Å². The number of carbonyl (C=O) groups is 1. The van der Waals surface area contributed by atoms with Gasteiger partial charge in [-0.2, -0.15) is 0 Å². The maximum absolute atomic E-state index is 11.5. The van der Waals surface area contributed by atoms with Crippen LogP contribution >= 0.6 is 0 Å². The monoisotopic (exact) mass is 336 g/mol. The number of methoxy groups -OCH3 is 1. The lowest BCUT2D eigenvalue weighted by atomic mass is 9.46. The number of esters is 1. The van der Waals surface area contributed by atoms with Gasteiger partial charge in [0.25, 0.3) is 0 Å². The third-order valence-electron chi connectivity index (χ3n) is 7.53. The van der Waals surface area contributed by atoms with Crippen LogP contribution in [-0.2, 0) is 9.53 Å². The summed E-state index contributed by atoms with van der Waals surface area (Å²) in [4.78, 5) is 11.5. The second-order valence-corrected chi connectivity index (χ2v) is 8.99. The number of hydrogen-bond acceptors (Lipinski definition) is 3. The molecule has 6 unspecified atom stereocenters. The fourth-order valence-electron chi connectivity index (χ4n) is 5.33. The highest BCUT2D eigenvalue weighted by atomic mass is 16.5. The lowest BCUT2D eigenvalue weighted by Crippen LogP contribution is -2.51. The largest absolute Gasteiger partial charge is 0.469 e. The van der Waals surface area contributed by atoms with Crippen molar-refractivity contribution < 1.29 is 14.6 Å². The molecule has 2 rings (SSSR count). The van der Waals surface area contributed by atoms with Crippen LogP contribution in [0.2, 0.25) is 0 Å². The van der Waals surface area contributed by atoms with E-state index in [2.05, 4.69) is 40.7 Å². The van der Waals surface area contributed by atoms with Crippen molar-refractivity contribution in [2.45, 2.75) is 79.2 Å². The van der Waals surface area contributed by atoms with Gasteiger partial charge in [-0.1, -0.05) is 39.3 Å². The first-order chi connectivity index (χ1) is 11.1. The number of aliphatic hydroxyl groups is 1. The highest BCUT2D eigenvalue weighted by Crippen LogP contribution is 2.61. The molecule has 1 saturated carbocycles. The number of allylic oxidation sites excluding steroid dienone is 1. The Labute approximate surface area is 147 Å². The Kier molecular flexibility index (Phi) is 5.84.